The molecule has 4 atom stereocenters. The van der Waals surface area contributed by atoms with Crippen molar-refractivity contribution in [3.8, 4) is 23.0 Å². The topological polar surface area (TPSA) is 171 Å². The molecular weight excluding hydrogens is 674 g/mol. The van der Waals surface area contributed by atoms with Crippen molar-refractivity contribution in [1.29, 1.82) is 0 Å². The number of hydrogen-bond acceptors (Lipinski definition) is 9. The van der Waals surface area contributed by atoms with E-state index >= 15 is 0 Å². The van der Waals surface area contributed by atoms with E-state index in [-0.39, 0.29) is 24.8 Å². The number of carboxylic acids is 1. The molecule has 1 aromatic heterocycles. The van der Waals surface area contributed by atoms with Gasteiger partial charge in [0.05, 0.1) is 32.5 Å². The smallest absolute Gasteiger partial charge is 0.412 e. The number of amides is 2. The van der Waals surface area contributed by atoms with Gasteiger partial charge < -0.3 is 39.3 Å². The lowest BCUT2D eigenvalue weighted by molar-refractivity contribution is -0.141. The van der Waals surface area contributed by atoms with Crippen LogP contribution in [0, 0.1) is 29.2 Å². The Balaban J connectivity index is 1.28. The van der Waals surface area contributed by atoms with E-state index in [1.165, 1.54) is 26.4 Å². The lowest BCUT2D eigenvalue weighted by atomic mass is 9.79. The standard InChI is InChI=1S/C33H31F4N3O10/c1-47-24-6-4-17(10-25(24)48-2)50-33(46)39-20-5-3-15-7-8-40-13-16(9-22(41)27(20)30(15)40)32(45)38-21(12-26(43)44)23(42)14-49-31-28(36)18(34)11-19(35)29(31)37/h4,6-8,10-11,16,20-21,27H,3,5,9,12-14H2,1-2H3,(H,38,45)(H,39,46)(H,43,44). The zero-order valence-electron chi connectivity index (χ0n) is 26.6. The van der Waals surface area contributed by atoms with E-state index in [0.29, 0.717) is 30.0 Å². The molecule has 2 amide bonds. The Hall–Kier alpha value is -5.61. The van der Waals surface area contributed by atoms with Crippen molar-refractivity contribution in [1.82, 2.24) is 15.2 Å². The first-order valence-electron chi connectivity index (χ1n) is 15.2. The van der Waals surface area contributed by atoms with Crippen LogP contribution in [-0.2, 0) is 32.1 Å². The van der Waals surface area contributed by atoms with Gasteiger partial charge >= 0.3 is 12.1 Å². The summed E-state index contributed by atoms with van der Waals surface area (Å²) in [5.41, 5.74) is 1.42. The number of aryl methyl sites for hydroxylation is 1. The van der Waals surface area contributed by atoms with Gasteiger partial charge in [0, 0.05) is 43.0 Å². The molecule has 0 fully saturated rings. The zero-order chi connectivity index (χ0) is 36.3. The molecule has 1 aliphatic heterocycles. The van der Waals surface area contributed by atoms with E-state index in [2.05, 4.69) is 15.4 Å². The number of carboxylic acid groups (broad SMARTS) is 1. The lowest BCUT2D eigenvalue weighted by Crippen LogP contribution is -2.47. The van der Waals surface area contributed by atoms with Crippen LogP contribution in [0.1, 0.15) is 36.4 Å². The number of ether oxygens (including phenoxy) is 4. The molecule has 3 aromatic rings. The van der Waals surface area contributed by atoms with E-state index in [9.17, 15) is 46.6 Å². The minimum atomic E-state index is -1.91. The summed E-state index contributed by atoms with van der Waals surface area (Å²) in [6.45, 7) is -1.30. The molecule has 1 aliphatic carbocycles. The highest BCUT2D eigenvalue weighted by atomic mass is 19.2. The zero-order valence-corrected chi connectivity index (χ0v) is 26.6. The quantitative estimate of drug-likeness (QED) is 0.187. The molecule has 0 radical (unpaired) electrons. The third-order valence-corrected chi connectivity index (χ3v) is 8.48. The average molecular weight is 706 g/mol. The number of rotatable bonds is 12. The summed E-state index contributed by atoms with van der Waals surface area (Å²) < 4.78 is 77.3. The van der Waals surface area contributed by atoms with E-state index in [4.69, 9.17) is 14.2 Å². The monoisotopic (exact) mass is 705 g/mol. The second kappa shape index (κ2) is 14.9. The molecule has 266 valence electrons. The number of nitrogens with one attached hydrogen (secondary N) is 2. The number of halogens is 4. The van der Waals surface area contributed by atoms with Crippen molar-refractivity contribution in [3.63, 3.8) is 0 Å². The third kappa shape index (κ3) is 7.50. The minimum absolute atomic E-state index is 0.0459. The molecule has 4 unspecified atom stereocenters. The fourth-order valence-electron chi connectivity index (χ4n) is 6.13. The van der Waals surface area contributed by atoms with Crippen LogP contribution in [0.3, 0.4) is 0 Å². The predicted molar refractivity (Wildman–Crippen MR) is 162 cm³/mol. The number of carbonyl (C=O) groups excluding carboxylic acids is 4. The Morgan fingerprint density at radius 3 is 2.36 bits per heavy atom. The fourth-order valence-corrected chi connectivity index (χ4v) is 6.13. The van der Waals surface area contributed by atoms with Gasteiger partial charge in [0.25, 0.3) is 0 Å². The van der Waals surface area contributed by atoms with Gasteiger partial charge in [-0.25, -0.2) is 13.6 Å². The normalized spacial score (nSPS) is 18.6. The van der Waals surface area contributed by atoms with E-state index in [1.54, 1.807) is 22.9 Å². The summed E-state index contributed by atoms with van der Waals surface area (Å²) in [5.74, 6) is -14.0. The van der Waals surface area contributed by atoms with Gasteiger partial charge in [-0.1, -0.05) is 0 Å². The maximum atomic E-state index is 14.0. The summed E-state index contributed by atoms with van der Waals surface area (Å²) in [6, 6.07) is 3.71. The summed E-state index contributed by atoms with van der Waals surface area (Å²) in [5, 5.41) is 14.4. The Bertz CT molecular complexity index is 1820. The molecule has 0 saturated carbocycles. The number of nitrogens with zero attached hydrogens (tertiary/aromatic N) is 1. The molecule has 0 spiro atoms. The first kappa shape index (κ1) is 35.7. The van der Waals surface area contributed by atoms with Gasteiger partial charge in [0.1, 0.15) is 24.2 Å². The fraction of sp³-hybridized carbons (Fsp3) is 0.364. The number of aromatic nitrogens is 1. The van der Waals surface area contributed by atoms with Crippen LogP contribution in [0.15, 0.2) is 36.5 Å². The first-order chi connectivity index (χ1) is 23.8. The van der Waals surface area contributed by atoms with Crippen molar-refractivity contribution in [3.05, 3.63) is 71.1 Å². The number of methoxy groups -OCH3 is 2. The van der Waals surface area contributed by atoms with E-state index < -0.39 is 95.5 Å². The van der Waals surface area contributed by atoms with E-state index in [1.807, 2.05) is 0 Å². The molecule has 2 aromatic carbocycles. The maximum absolute atomic E-state index is 14.0. The van der Waals surface area contributed by atoms with Crippen LogP contribution in [0.5, 0.6) is 23.0 Å². The molecule has 0 bridgehead atoms. The summed E-state index contributed by atoms with van der Waals surface area (Å²) in [7, 11) is 2.87. The van der Waals surface area contributed by atoms with Crippen molar-refractivity contribution >= 4 is 29.5 Å². The highest BCUT2D eigenvalue weighted by molar-refractivity contribution is 5.96. The molecule has 17 heteroatoms. The Labute approximate surface area is 281 Å². The maximum Gasteiger partial charge on any atom is 0.412 e. The molecule has 2 aliphatic rings. The van der Waals surface area contributed by atoms with Gasteiger partial charge in [-0.2, -0.15) is 8.78 Å². The number of hydrogen-bond donors (Lipinski definition) is 3. The van der Waals surface area contributed by atoms with Gasteiger partial charge in [-0.05, 0) is 36.6 Å². The van der Waals surface area contributed by atoms with Gasteiger partial charge in [0.15, 0.2) is 34.7 Å². The summed E-state index contributed by atoms with van der Waals surface area (Å²) in [6.07, 6.45) is 0.368. The molecule has 50 heavy (non-hydrogen) atoms. The van der Waals surface area contributed by atoms with Crippen LogP contribution in [0.25, 0.3) is 0 Å². The second-order valence-corrected chi connectivity index (χ2v) is 11.6. The van der Waals surface area contributed by atoms with Crippen LogP contribution in [-0.4, -0.2) is 72.1 Å². The number of Topliss-reactive ketones (excluding diaryl/α,β-unsaturated/α-hetero) is 2. The minimum Gasteiger partial charge on any atom is -0.493 e. The molecule has 13 nitrogen and oxygen atoms in total. The van der Waals surface area contributed by atoms with Crippen LogP contribution in [0.2, 0.25) is 0 Å². The predicted octanol–water partition coefficient (Wildman–Crippen LogP) is 3.45. The van der Waals surface area contributed by atoms with Gasteiger partial charge in [0.2, 0.25) is 17.5 Å². The number of carbonyl (C=O) groups is 5. The highest BCUT2D eigenvalue weighted by Crippen LogP contribution is 2.38. The van der Waals surface area contributed by atoms with E-state index in [0.717, 1.165) is 5.56 Å². The Morgan fingerprint density at radius 2 is 1.70 bits per heavy atom. The molecule has 5 rings (SSSR count). The Morgan fingerprint density at radius 1 is 1.00 bits per heavy atom. The Kier molecular flexibility index (Phi) is 10.6. The van der Waals surface area contributed by atoms with Crippen molar-refractivity contribution in [2.75, 3.05) is 20.8 Å². The van der Waals surface area contributed by atoms with Crippen molar-refractivity contribution < 1.29 is 65.6 Å². The number of ketones is 2. The summed E-state index contributed by atoms with van der Waals surface area (Å²) >= 11 is 0. The first-order valence-corrected chi connectivity index (χ1v) is 15.2. The van der Waals surface area contributed by atoms with Crippen molar-refractivity contribution in [2.45, 2.75) is 50.2 Å². The van der Waals surface area contributed by atoms with Crippen LogP contribution in [0.4, 0.5) is 22.4 Å². The van der Waals surface area contributed by atoms with Crippen molar-refractivity contribution in [2.24, 2.45) is 5.92 Å². The van der Waals surface area contributed by atoms with Crippen LogP contribution < -0.4 is 29.6 Å². The van der Waals surface area contributed by atoms with Crippen LogP contribution >= 0.6 is 0 Å². The van der Waals surface area contributed by atoms with Gasteiger partial charge in [-0.15, -0.1) is 0 Å². The molecule has 0 saturated heterocycles. The third-order valence-electron chi connectivity index (χ3n) is 8.48. The SMILES string of the molecule is COc1ccc(OC(=O)NC2CCc3ccn4c3C2C(=O)CC(C(=O)NC(CC(=O)O)C(=O)COc2c(F)c(F)cc(F)c2F)C4)cc1OC. The number of benzene rings is 2. The highest BCUT2D eigenvalue weighted by Gasteiger charge is 2.43. The van der Waals surface area contributed by atoms with Gasteiger partial charge in [-0.3, -0.25) is 19.2 Å². The number of aliphatic carboxylic acids is 1. The summed E-state index contributed by atoms with van der Waals surface area (Å²) in [4.78, 5) is 64.6. The molecular formula is C33H31F4N3O10. The largest absolute Gasteiger partial charge is 0.493 e. The lowest BCUT2D eigenvalue weighted by Gasteiger charge is -2.31. The average Bonchev–Trinajstić information content (AvgIpc) is 3.41. The molecule has 2 heterocycles. The molecule has 3 N–H and O–H groups in total. The second-order valence-electron chi connectivity index (χ2n) is 11.6.